The van der Waals surface area contributed by atoms with Crippen molar-refractivity contribution < 1.29 is 29.2 Å². The van der Waals surface area contributed by atoms with E-state index in [1.807, 2.05) is 6.07 Å². The summed E-state index contributed by atoms with van der Waals surface area (Å²) in [5.74, 6) is 0.512. The van der Waals surface area contributed by atoms with E-state index >= 15 is 0 Å². The highest BCUT2D eigenvalue weighted by atomic mass is 32.1. The van der Waals surface area contributed by atoms with E-state index in [4.69, 9.17) is 31.2 Å². The number of ether oxygens (including phenoxy) is 4. The number of para-hydroxylation sites is 1. The Morgan fingerprint density at radius 3 is 2.55 bits per heavy atom. The average molecular weight is 328 g/mol. The highest BCUT2D eigenvalue weighted by Crippen LogP contribution is 2.25. The van der Waals surface area contributed by atoms with Crippen LogP contribution in [0.2, 0.25) is 0 Å². The highest BCUT2D eigenvalue weighted by Gasteiger charge is 2.45. The molecule has 0 unspecified atom stereocenters. The molecule has 1 aromatic rings. The van der Waals surface area contributed by atoms with Crippen LogP contribution >= 0.6 is 12.2 Å². The maximum atomic E-state index is 10.2. The van der Waals surface area contributed by atoms with Gasteiger partial charge in [-0.2, -0.15) is 0 Å². The molecule has 0 spiro atoms. The molecule has 1 heterocycles. The molecule has 2 rings (SSSR count). The maximum absolute atomic E-state index is 10.2. The summed E-state index contributed by atoms with van der Waals surface area (Å²) >= 11 is 5.02. The minimum absolute atomic E-state index is 0.182. The lowest BCUT2D eigenvalue weighted by atomic mass is 10.00. The topological polar surface area (TPSA) is 77.4 Å². The number of aliphatic hydroxyl groups excluding tert-OH is 2. The number of hydrogen-bond acceptors (Lipinski definition) is 7. The third-order valence-corrected chi connectivity index (χ3v) is 3.47. The molecule has 1 aromatic carbocycles. The van der Waals surface area contributed by atoms with E-state index < -0.39 is 30.7 Å². The third-order valence-electron chi connectivity index (χ3n) is 3.29. The first-order chi connectivity index (χ1) is 10.5. The highest BCUT2D eigenvalue weighted by molar-refractivity contribution is 7.79. The van der Waals surface area contributed by atoms with Crippen molar-refractivity contribution in [3.8, 4) is 5.75 Å². The van der Waals surface area contributed by atoms with Gasteiger partial charge >= 0.3 is 5.24 Å². The summed E-state index contributed by atoms with van der Waals surface area (Å²) in [6.07, 6.45) is -4.67. The lowest BCUT2D eigenvalue weighted by molar-refractivity contribution is -0.290. The van der Waals surface area contributed by atoms with E-state index in [0.717, 1.165) is 0 Å². The molecule has 5 atom stereocenters. The number of aliphatic hydroxyl groups is 2. The summed E-state index contributed by atoms with van der Waals surface area (Å²) in [7, 11) is 0. The SMILES string of the molecule is CCO[C@@H]1O[C@@H](C)[C@H](O)[C@@H](OC(=S)Oc2ccccc2)[C@H]1O. The largest absolute Gasteiger partial charge is 0.447 e. The van der Waals surface area contributed by atoms with Gasteiger partial charge in [-0.05, 0) is 26.0 Å². The molecule has 1 fully saturated rings. The number of thiocarbonyl (C=S) groups is 1. The van der Waals surface area contributed by atoms with Crippen molar-refractivity contribution in [3.05, 3.63) is 30.3 Å². The van der Waals surface area contributed by atoms with Crippen molar-refractivity contribution >= 4 is 17.5 Å². The molecule has 0 saturated carbocycles. The first-order valence-electron chi connectivity index (χ1n) is 7.09. The van der Waals surface area contributed by atoms with E-state index in [9.17, 15) is 10.2 Å². The predicted molar refractivity (Wildman–Crippen MR) is 82.5 cm³/mol. The van der Waals surface area contributed by atoms with Crippen molar-refractivity contribution in [1.82, 2.24) is 0 Å². The predicted octanol–water partition coefficient (Wildman–Crippen LogP) is 1.24. The first-order valence-corrected chi connectivity index (χ1v) is 7.50. The van der Waals surface area contributed by atoms with Gasteiger partial charge in [0.2, 0.25) is 0 Å². The second-order valence-electron chi connectivity index (χ2n) is 4.89. The Kier molecular flexibility index (Phi) is 6.10. The lowest BCUT2D eigenvalue weighted by Gasteiger charge is -2.40. The second kappa shape index (κ2) is 7.85. The molecule has 2 N–H and O–H groups in total. The van der Waals surface area contributed by atoms with Crippen LogP contribution in [0.3, 0.4) is 0 Å². The summed E-state index contributed by atoms with van der Waals surface area (Å²) in [6, 6.07) is 8.87. The van der Waals surface area contributed by atoms with Gasteiger partial charge in [0.15, 0.2) is 12.4 Å². The summed E-state index contributed by atoms with van der Waals surface area (Å²) in [6.45, 7) is 3.81. The zero-order chi connectivity index (χ0) is 16.1. The quantitative estimate of drug-likeness (QED) is 0.805. The lowest BCUT2D eigenvalue weighted by Crippen LogP contribution is -2.59. The molecule has 1 aliphatic rings. The van der Waals surface area contributed by atoms with Crippen LogP contribution in [0.4, 0.5) is 0 Å². The molecular weight excluding hydrogens is 308 g/mol. The van der Waals surface area contributed by atoms with Crippen LogP contribution in [0.5, 0.6) is 5.75 Å². The van der Waals surface area contributed by atoms with Gasteiger partial charge in [0.25, 0.3) is 0 Å². The standard InChI is InChI=1S/C15H20O6S/c1-3-18-14-12(17)13(11(16)9(2)19-14)21-15(22)20-10-7-5-4-6-8-10/h4-9,11-14,16-17H,3H2,1-2H3/t9-,11-,12+,13+,14+/m0/s1. The van der Waals surface area contributed by atoms with Crippen LogP contribution in [0.1, 0.15) is 13.8 Å². The smallest absolute Gasteiger partial charge is 0.358 e. The Morgan fingerprint density at radius 1 is 1.23 bits per heavy atom. The minimum Gasteiger partial charge on any atom is -0.447 e. The fourth-order valence-corrected chi connectivity index (χ4v) is 2.37. The monoisotopic (exact) mass is 328 g/mol. The fourth-order valence-electron chi connectivity index (χ4n) is 2.16. The Labute approximate surface area is 134 Å². The Balaban J connectivity index is 2.00. The van der Waals surface area contributed by atoms with E-state index in [1.54, 1.807) is 38.1 Å². The van der Waals surface area contributed by atoms with Gasteiger partial charge in [-0.25, -0.2) is 0 Å². The van der Waals surface area contributed by atoms with Gasteiger partial charge in [0.05, 0.1) is 6.10 Å². The van der Waals surface area contributed by atoms with Crippen LogP contribution in [0.25, 0.3) is 0 Å². The molecule has 7 heteroatoms. The number of hydrogen-bond donors (Lipinski definition) is 2. The van der Waals surface area contributed by atoms with Crippen LogP contribution in [-0.4, -0.2) is 52.8 Å². The van der Waals surface area contributed by atoms with E-state index in [1.165, 1.54) is 0 Å². The first kappa shape index (κ1) is 17.1. The van der Waals surface area contributed by atoms with Crippen LogP contribution in [0, 0.1) is 0 Å². The Morgan fingerprint density at radius 2 is 1.91 bits per heavy atom. The molecule has 1 saturated heterocycles. The molecule has 0 radical (unpaired) electrons. The molecule has 0 bridgehead atoms. The van der Waals surface area contributed by atoms with Crippen molar-refractivity contribution in [2.24, 2.45) is 0 Å². The molecule has 6 nitrogen and oxygen atoms in total. The molecule has 1 aliphatic heterocycles. The van der Waals surface area contributed by atoms with Gasteiger partial charge in [0, 0.05) is 18.8 Å². The maximum Gasteiger partial charge on any atom is 0.358 e. The van der Waals surface area contributed by atoms with Crippen LogP contribution in [0.15, 0.2) is 30.3 Å². The summed E-state index contributed by atoms with van der Waals surface area (Å²) in [5, 5.41) is 20.2. The van der Waals surface area contributed by atoms with Crippen molar-refractivity contribution in [3.63, 3.8) is 0 Å². The number of rotatable bonds is 4. The van der Waals surface area contributed by atoms with Crippen LogP contribution in [-0.2, 0) is 14.2 Å². The summed E-state index contributed by atoms with van der Waals surface area (Å²) in [4.78, 5) is 0. The zero-order valence-corrected chi connectivity index (χ0v) is 13.2. The van der Waals surface area contributed by atoms with E-state index in [0.29, 0.717) is 12.4 Å². The molecule has 22 heavy (non-hydrogen) atoms. The molecular formula is C15H20O6S. The Bertz CT molecular complexity index is 482. The normalized spacial score (nSPS) is 31.5. The summed E-state index contributed by atoms with van der Waals surface area (Å²) in [5.41, 5.74) is 0. The fraction of sp³-hybridized carbons (Fsp3) is 0.533. The van der Waals surface area contributed by atoms with Crippen LogP contribution < -0.4 is 4.74 Å². The number of benzene rings is 1. The van der Waals surface area contributed by atoms with E-state index in [-0.39, 0.29) is 5.24 Å². The van der Waals surface area contributed by atoms with Gasteiger partial charge in [-0.15, -0.1) is 0 Å². The zero-order valence-electron chi connectivity index (χ0n) is 12.4. The van der Waals surface area contributed by atoms with E-state index in [2.05, 4.69) is 0 Å². The average Bonchev–Trinajstić information content (AvgIpc) is 2.50. The van der Waals surface area contributed by atoms with Crippen molar-refractivity contribution in [2.75, 3.05) is 6.61 Å². The molecule has 0 amide bonds. The third kappa shape index (κ3) is 4.15. The Hall–Kier alpha value is -1.25. The summed E-state index contributed by atoms with van der Waals surface area (Å²) < 4.78 is 21.5. The van der Waals surface area contributed by atoms with Crippen molar-refractivity contribution in [1.29, 1.82) is 0 Å². The van der Waals surface area contributed by atoms with Gasteiger partial charge in [0.1, 0.15) is 18.0 Å². The molecule has 0 aliphatic carbocycles. The molecule has 122 valence electrons. The van der Waals surface area contributed by atoms with Crippen molar-refractivity contribution in [2.45, 2.75) is 44.6 Å². The van der Waals surface area contributed by atoms with Gasteiger partial charge in [-0.1, -0.05) is 18.2 Å². The molecule has 0 aromatic heterocycles. The van der Waals surface area contributed by atoms with Gasteiger partial charge in [-0.3, -0.25) is 0 Å². The van der Waals surface area contributed by atoms with Gasteiger partial charge < -0.3 is 29.2 Å². The minimum atomic E-state index is -1.18. The second-order valence-corrected chi connectivity index (χ2v) is 5.23.